The number of fused-ring (bicyclic) bond motifs is 1. The molecule has 0 saturated heterocycles. The Morgan fingerprint density at radius 3 is 3.00 bits per heavy atom. The number of para-hydroxylation sites is 1. The molecule has 17 heavy (non-hydrogen) atoms. The number of Topliss-reactive ketones (excluding diaryl/α,β-unsaturated/α-hetero) is 1. The predicted molar refractivity (Wildman–Crippen MR) is 65.8 cm³/mol. The fourth-order valence-corrected chi connectivity index (χ4v) is 2.43. The maximum absolute atomic E-state index is 12.3. The molecule has 1 unspecified atom stereocenters. The van der Waals surface area contributed by atoms with Crippen LogP contribution in [0.15, 0.2) is 36.1 Å². The maximum atomic E-state index is 12.3. The number of carbonyl (C=O) groups excluding carboxylic acids is 1. The van der Waals surface area contributed by atoms with E-state index in [4.69, 9.17) is 4.74 Å². The van der Waals surface area contributed by atoms with Gasteiger partial charge in [0.25, 0.3) is 0 Å². The van der Waals surface area contributed by atoms with Gasteiger partial charge in [0, 0.05) is 17.7 Å². The zero-order chi connectivity index (χ0) is 11.7. The Labute approximate surface area is 100 Å². The molecular formula is C14H15NO2. The Morgan fingerprint density at radius 1 is 1.35 bits per heavy atom. The van der Waals surface area contributed by atoms with Gasteiger partial charge in [0.05, 0.1) is 18.9 Å². The lowest BCUT2D eigenvalue weighted by Gasteiger charge is -2.16. The Balaban J connectivity index is 1.76. The van der Waals surface area contributed by atoms with Gasteiger partial charge in [0.2, 0.25) is 0 Å². The van der Waals surface area contributed by atoms with Crippen LogP contribution in [0.2, 0.25) is 0 Å². The van der Waals surface area contributed by atoms with Crippen molar-refractivity contribution in [3.8, 4) is 0 Å². The Hall–Kier alpha value is -1.77. The van der Waals surface area contributed by atoms with Crippen molar-refractivity contribution in [1.29, 1.82) is 0 Å². The van der Waals surface area contributed by atoms with Gasteiger partial charge in [0.1, 0.15) is 0 Å². The number of anilines is 1. The average molecular weight is 229 g/mol. The molecule has 0 bridgehead atoms. The standard InChI is InChI=1S/C14H15NO2/c16-14(11-5-3-7-17-9-11)13-8-10-4-1-2-6-12(10)15-13/h1-2,4,6,9,13,15H,3,5,7-8H2. The van der Waals surface area contributed by atoms with Crippen molar-refractivity contribution in [2.75, 3.05) is 11.9 Å². The van der Waals surface area contributed by atoms with Crippen molar-refractivity contribution in [2.24, 2.45) is 0 Å². The molecule has 3 rings (SSSR count). The molecule has 0 radical (unpaired) electrons. The van der Waals surface area contributed by atoms with E-state index in [0.717, 1.165) is 37.1 Å². The zero-order valence-corrected chi connectivity index (χ0v) is 9.61. The van der Waals surface area contributed by atoms with Crippen LogP contribution in [0, 0.1) is 0 Å². The molecule has 1 atom stereocenters. The molecule has 0 saturated carbocycles. The van der Waals surface area contributed by atoms with E-state index in [1.165, 1.54) is 5.56 Å². The Bertz CT molecular complexity index is 454. The first kappa shape index (κ1) is 10.4. The van der Waals surface area contributed by atoms with Crippen LogP contribution in [0.4, 0.5) is 5.69 Å². The average Bonchev–Trinajstić information content (AvgIpc) is 2.82. The number of ether oxygens (including phenoxy) is 1. The van der Waals surface area contributed by atoms with Gasteiger partial charge < -0.3 is 10.1 Å². The highest BCUT2D eigenvalue weighted by molar-refractivity contribution is 6.02. The molecular weight excluding hydrogens is 214 g/mol. The van der Waals surface area contributed by atoms with Crippen LogP contribution in [0.1, 0.15) is 18.4 Å². The van der Waals surface area contributed by atoms with E-state index < -0.39 is 0 Å². The summed E-state index contributed by atoms with van der Waals surface area (Å²) in [5.74, 6) is 0.181. The summed E-state index contributed by atoms with van der Waals surface area (Å²) in [5.41, 5.74) is 3.13. The quantitative estimate of drug-likeness (QED) is 0.845. The summed E-state index contributed by atoms with van der Waals surface area (Å²) >= 11 is 0. The van der Waals surface area contributed by atoms with Gasteiger partial charge >= 0.3 is 0 Å². The second-order valence-electron chi connectivity index (χ2n) is 4.54. The molecule has 2 heterocycles. The third-order valence-corrected chi connectivity index (χ3v) is 3.34. The van der Waals surface area contributed by atoms with Gasteiger partial charge in [-0.1, -0.05) is 18.2 Å². The SMILES string of the molecule is O=C(C1=COCCC1)C1Cc2ccccc2N1. The van der Waals surface area contributed by atoms with Crippen LogP contribution in [-0.2, 0) is 16.0 Å². The van der Waals surface area contributed by atoms with Crippen molar-refractivity contribution in [2.45, 2.75) is 25.3 Å². The molecule has 1 N–H and O–H groups in total. The number of carbonyl (C=O) groups is 1. The first-order chi connectivity index (χ1) is 8.34. The minimum atomic E-state index is -0.111. The highest BCUT2D eigenvalue weighted by atomic mass is 16.5. The monoisotopic (exact) mass is 229 g/mol. The molecule has 0 aliphatic carbocycles. The second-order valence-corrected chi connectivity index (χ2v) is 4.54. The fourth-order valence-electron chi connectivity index (χ4n) is 2.43. The maximum Gasteiger partial charge on any atom is 0.184 e. The van der Waals surface area contributed by atoms with Crippen molar-refractivity contribution < 1.29 is 9.53 Å². The molecule has 2 aliphatic rings. The van der Waals surface area contributed by atoms with Gasteiger partial charge in [-0.3, -0.25) is 4.79 Å². The summed E-state index contributed by atoms with van der Waals surface area (Å²) in [4.78, 5) is 12.3. The molecule has 0 amide bonds. The van der Waals surface area contributed by atoms with Crippen molar-refractivity contribution in [1.82, 2.24) is 0 Å². The van der Waals surface area contributed by atoms with Crippen molar-refractivity contribution >= 4 is 11.5 Å². The van der Waals surface area contributed by atoms with Gasteiger partial charge in [0.15, 0.2) is 5.78 Å². The van der Waals surface area contributed by atoms with Gasteiger partial charge in [-0.15, -0.1) is 0 Å². The van der Waals surface area contributed by atoms with E-state index >= 15 is 0 Å². The number of benzene rings is 1. The Morgan fingerprint density at radius 2 is 2.24 bits per heavy atom. The molecule has 1 aromatic carbocycles. The van der Waals surface area contributed by atoms with E-state index in [1.54, 1.807) is 6.26 Å². The molecule has 1 aromatic rings. The normalized spacial score (nSPS) is 22.1. The predicted octanol–water partition coefficient (Wildman–Crippen LogP) is 2.29. The molecule has 2 aliphatic heterocycles. The summed E-state index contributed by atoms with van der Waals surface area (Å²) in [6.07, 6.45) is 4.20. The van der Waals surface area contributed by atoms with E-state index in [0.29, 0.717) is 0 Å². The zero-order valence-electron chi connectivity index (χ0n) is 9.61. The van der Waals surface area contributed by atoms with Crippen LogP contribution in [-0.4, -0.2) is 18.4 Å². The topological polar surface area (TPSA) is 38.3 Å². The second kappa shape index (κ2) is 4.24. The van der Waals surface area contributed by atoms with Crippen LogP contribution < -0.4 is 5.32 Å². The lowest BCUT2D eigenvalue weighted by molar-refractivity contribution is -0.116. The first-order valence-electron chi connectivity index (χ1n) is 6.04. The number of hydrogen-bond acceptors (Lipinski definition) is 3. The van der Waals surface area contributed by atoms with E-state index in [1.807, 2.05) is 18.2 Å². The highest BCUT2D eigenvalue weighted by Crippen LogP contribution is 2.27. The first-order valence-corrected chi connectivity index (χ1v) is 6.04. The van der Waals surface area contributed by atoms with Gasteiger partial charge in [-0.25, -0.2) is 0 Å². The minimum absolute atomic E-state index is 0.111. The molecule has 3 heteroatoms. The molecule has 0 aromatic heterocycles. The van der Waals surface area contributed by atoms with Crippen LogP contribution in [0.25, 0.3) is 0 Å². The number of rotatable bonds is 2. The lowest BCUT2D eigenvalue weighted by Crippen LogP contribution is -2.29. The number of hydrogen-bond donors (Lipinski definition) is 1. The third-order valence-electron chi connectivity index (χ3n) is 3.34. The summed E-state index contributed by atoms with van der Waals surface area (Å²) < 4.78 is 5.23. The summed E-state index contributed by atoms with van der Waals surface area (Å²) in [6, 6.07) is 7.98. The smallest absolute Gasteiger partial charge is 0.184 e. The van der Waals surface area contributed by atoms with Crippen LogP contribution in [0.3, 0.4) is 0 Å². The van der Waals surface area contributed by atoms with Gasteiger partial charge in [-0.2, -0.15) is 0 Å². The third kappa shape index (κ3) is 1.93. The molecule has 3 nitrogen and oxygen atoms in total. The number of nitrogens with one attached hydrogen (secondary N) is 1. The number of ketones is 1. The van der Waals surface area contributed by atoms with Crippen LogP contribution >= 0.6 is 0 Å². The van der Waals surface area contributed by atoms with Crippen LogP contribution in [0.5, 0.6) is 0 Å². The summed E-state index contributed by atoms with van der Waals surface area (Å²) in [7, 11) is 0. The van der Waals surface area contributed by atoms with E-state index in [9.17, 15) is 4.79 Å². The van der Waals surface area contributed by atoms with Crippen molar-refractivity contribution in [3.05, 3.63) is 41.7 Å². The summed E-state index contributed by atoms with van der Waals surface area (Å²) in [6.45, 7) is 0.731. The fraction of sp³-hybridized carbons (Fsp3) is 0.357. The van der Waals surface area contributed by atoms with Gasteiger partial charge in [-0.05, 0) is 24.5 Å². The summed E-state index contributed by atoms with van der Waals surface area (Å²) in [5, 5.41) is 3.29. The largest absolute Gasteiger partial charge is 0.501 e. The van der Waals surface area contributed by atoms with E-state index in [2.05, 4.69) is 11.4 Å². The molecule has 0 fully saturated rings. The minimum Gasteiger partial charge on any atom is -0.501 e. The van der Waals surface area contributed by atoms with E-state index in [-0.39, 0.29) is 11.8 Å². The Kier molecular flexibility index (Phi) is 2.59. The van der Waals surface area contributed by atoms with Crippen molar-refractivity contribution in [3.63, 3.8) is 0 Å². The molecule has 0 spiro atoms. The highest BCUT2D eigenvalue weighted by Gasteiger charge is 2.28. The molecule has 88 valence electrons. The lowest BCUT2D eigenvalue weighted by atomic mass is 9.98.